The predicted molar refractivity (Wildman–Crippen MR) is 277 cm³/mol. The van der Waals surface area contributed by atoms with Crippen molar-refractivity contribution in [2.45, 2.75) is 90.1 Å². The van der Waals surface area contributed by atoms with Gasteiger partial charge in [-0.3, -0.25) is 43.1 Å². The zero-order valence-electron chi connectivity index (χ0n) is 42.2. The molecule has 9 heterocycles. The number of aromatic nitrogens is 5. The Kier molecular flexibility index (Phi) is 13.0. The first kappa shape index (κ1) is 48.5. The molecule has 0 bridgehead atoms. The van der Waals surface area contributed by atoms with Gasteiger partial charge < -0.3 is 19.7 Å². The molecule has 15 nitrogen and oxygen atoms in total. The third kappa shape index (κ3) is 9.02. The van der Waals surface area contributed by atoms with E-state index in [1.807, 2.05) is 41.6 Å². The van der Waals surface area contributed by atoms with Gasteiger partial charge in [-0.05, 0) is 150 Å². The van der Waals surface area contributed by atoms with Crippen molar-refractivity contribution >= 4 is 51.0 Å². The molecule has 5 aliphatic rings. The number of fused-ring (bicyclic) bond motifs is 3. The van der Waals surface area contributed by atoms with Crippen molar-refractivity contribution in [2.75, 3.05) is 57.7 Å². The second kappa shape index (κ2) is 19.6. The molecule has 6 aromatic rings. The minimum Gasteiger partial charge on any atom is -0.382 e. The molecule has 3 amide bonds. The van der Waals surface area contributed by atoms with E-state index in [0.717, 1.165) is 85.9 Å². The Morgan fingerprint density at radius 1 is 0.849 bits per heavy atom. The number of imidazole rings is 1. The number of anilines is 1. The molecule has 0 spiro atoms. The molecular weight excluding hydrogens is 931 g/mol. The highest BCUT2D eigenvalue weighted by molar-refractivity contribution is 6.00. The monoisotopic (exact) mass is 995 g/mol. The van der Waals surface area contributed by atoms with Gasteiger partial charge in [0.15, 0.2) is 5.82 Å². The Morgan fingerprint density at radius 3 is 2.42 bits per heavy atom. The smallest absolute Gasteiger partial charge is 0.329 e. The summed E-state index contributed by atoms with van der Waals surface area (Å²) in [4.78, 5) is 76.5. The molecule has 17 heteroatoms. The van der Waals surface area contributed by atoms with E-state index in [4.69, 9.17) is 0 Å². The summed E-state index contributed by atoms with van der Waals surface area (Å²) in [6.45, 7) is 10.2. The van der Waals surface area contributed by atoms with Crippen molar-refractivity contribution in [3.8, 4) is 5.69 Å². The lowest BCUT2D eigenvalue weighted by Crippen LogP contribution is -2.44. The number of hydrogen-bond donors (Lipinski definition) is 2. The Morgan fingerprint density at radius 2 is 1.66 bits per heavy atom. The van der Waals surface area contributed by atoms with Gasteiger partial charge in [0.25, 0.3) is 11.5 Å². The number of amides is 3. The summed E-state index contributed by atoms with van der Waals surface area (Å²) in [5, 5.41) is 6.13. The van der Waals surface area contributed by atoms with Gasteiger partial charge in [0.2, 0.25) is 11.8 Å². The molecule has 4 aromatic heterocycles. The van der Waals surface area contributed by atoms with Gasteiger partial charge in [-0.25, -0.2) is 18.6 Å². The van der Waals surface area contributed by atoms with Crippen LogP contribution in [0.3, 0.4) is 0 Å². The van der Waals surface area contributed by atoms with Crippen molar-refractivity contribution in [3.63, 3.8) is 0 Å². The highest BCUT2D eigenvalue weighted by Gasteiger charge is 2.33. The largest absolute Gasteiger partial charge is 0.382 e. The molecule has 3 saturated heterocycles. The van der Waals surface area contributed by atoms with Crippen LogP contribution in [0.2, 0.25) is 0 Å². The lowest BCUT2D eigenvalue weighted by molar-refractivity contribution is -0.135. The molecular formula is C56H64F2N10O5. The number of nitrogens with zero attached hydrogens (tertiary/aromatic N) is 8. The van der Waals surface area contributed by atoms with Crippen molar-refractivity contribution in [1.29, 1.82) is 0 Å². The van der Waals surface area contributed by atoms with E-state index in [9.17, 15) is 24.0 Å². The number of halogens is 2. The molecule has 3 fully saturated rings. The fourth-order valence-electron chi connectivity index (χ4n) is 12.7. The number of imide groups is 1. The first-order valence-electron chi connectivity index (χ1n) is 26.1. The number of nitrogens with one attached hydrogen (secondary N) is 2. The maximum Gasteiger partial charge on any atom is 0.329 e. The Bertz CT molecular complexity index is 3340. The van der Waals surface area contributed by atoms with Gasteiger partial charge in [0, 0.05) is 99.8 Å². The average molecular weight is 995 g/mol. The fourth-order valence-corrected chi connectivity index (χ4v) is 12.7. The van der Waals surface area contributed by atoms with E-state index in [0.29, 0.717) is 103 Å². The molecule has 382 valence electrons. The number of rotatable bonds is 10. The van der Waals surface area contributed by atoms with Crippen LogP contribution >= 0.6 is 0 Å². The van der Waals surface area contributed by atoms with Crippen LogP contribution in [0.1, 0.15) is 109 Å². The SMILES string of the molecule is Cc1cc(C(=O)N2CCC(CN3CCCC(Cc4ccc5c(c4)n(C)c(=O)n5C4CCC(=O)NC4=O)CC3)CC2)cc(F)c1C1=CCN([C@@H](C)c2cc3c(-n4cc(F)c5c(c4=O)CCN5)ccnc3n2C)CC1. The highest BCUT2D eigenvalue weighted by atomic mass is 19.1. The molecule has 0 saturated carbocycles. The molecule has 3 atom stereocenters. The summed E-state index contributed by atoms with van der Waals surface area (Å²) < 4.78 is 37.8. The van der Waals surface area contributed by atoms with Crippen LogP contribution in [-0.4, -0.2) is 108 Å². The number of carbonyl (C=O) groups excluding carboxylic acids is 3. The third-order valence-corrected chi connectivity index (χ3v) is 16.8. The van der Waals surface area contributed by atoms with E-state index >= 15 is 8.78 Å². The van der Waals surface area contributed by atoms with Crippen LogP contribution in [0.15, 0.2) is 70.5 Å². The summed E-state index contributed by atoms with van der Waals surface area (Å²) in [6, 6.07) is 12.4. The zero-order valence-corrected chi connectivity index (χ0v) is 42.2. The van der Waals surface area contributed by atoms with Crippen LogP contribution < -0.4 is 21.9 Å². The molecule has 2 N–H and O–H groups in total. The fraction of sp³-hybridized carbons (Fsp3) is 0.464. The minimum atomic E-state index is -0.699. The van der Waals surface area contributed by atoms with E-state index in [1.54, 1.807) is 23.9 Å². The molecule has 2 unspecified atom stereocenters. The Hall–Kier alpha value is -6.72. The number of hydrogen-bond acceptors (Lipinski definition) is 9. The molecule has 0 aliphatic carbocycles. The Labute approximate surface area is 422 Å². The van der Waals surface area contributed by atoms with Crippen molar-refractivity contribution in [3.05, 3.63) is 127 Å². The summed E-state index contributed by atoms with van der Waals surface area (Å²) in [5.74, 6) is -0.688. The molecule has 5 aliphatic heterocycles. The number of likely N-dealkylation sites (tertiary alicyclic amines) is 2. The summed E-state index contributed by atoms with van der Waals surface area (Å²) in [7, 11) is 3.69. The van der Waals surface area contributed by atoms with E-state index in [1.165, 1.54) is 27.0 Å². The lowest BCUT2D eigenvalue weighted by Gasteiger charge is -2.35. The predicted octanol–water partition coefficient (Wildman–Crippen LogP) is 6.96. The Balaban J connectivity index is 0.678. The topological polar surface area (TPSA) is 152 Å². The van der Waals surface area contributed by atoms with Crippen molar-refractivity contribution < 1.29 is 23.2 Å². The summed E-state index contributed by atoms with van der Waals surface area (Å²) in [5.41, 5.74) is 7.85. The molecule has 11 rings (SSSR count). The lowest BCUT2D eigenvalue weighted by atomic mass is 9.92. The molecule has 0 radical (unpaired) electrons. The van der Waals surface area contributed by atoms with Crippen LogP contribution in [-0.2, 0) is 36.5 Å². The van der Waals surface area contributed by atoms with Gasteiger partial charge in [-0.15, -0.1) is 0 Å². The third-order valence-electron chi connectivity index (χ3n) is 16.8. The van der Waals surface area contributed by atoms with Crippen molar-refractivity contribution in [2.24, 2.45) is 25.9 Å². The van der Waals surface area contributed by atoms with Gasteiger partial charge in [0.1, 0.15) is 17.5 Å². The van der Waals surface area contributed by atoms with Crippen LogP contribution in [0.4, 0.5) is 14.5 Å². The van der Waals surface area contributed by atoms with Crippen LogP contribution in [0, 0.1) is 30.4 Å². The van der Waals surface area contributed by atoms with E-state index in [-0.39, 0.29) is 41.3 Å². The number of benzene rings is 2. The van der Waals surface area contributed by atoms with Gasteiger partial charge in [-0.2, -0.15) is 0 Å². The highest BCUT2D eigenvalue weighted by Crippen LogP contribution is 2.36. The summed E-state index contributed by atoms with van der Waals surface area (Å²) in [6.07, 6.45) is 12.7. The number of pyridine rings is 2. The van der Waals surface area contributed by atoms with E-state index in [2.05, 4.69) is 50.5 Å². The van der Waals surface area contributed by atoms with Gasteiger partial charge in [0.05, 0.1) is 28.6 Å². The normalized spacial score (nSPS) is 20.8. The average Bonchev–Trinajstić information content (AvgIpc) is 4.03. The quantitative estimate of drug-likeness (QED) is 0.139. The van der Waals surface area contributed by atoms with Crippen molar-refractivity contribution in [1.82, 2.24) is 43.3 Å². The maximum atomic E-state index is 16.2. The first-order valence-corrected chi connectivity index (χ1v) is 26.1. The van der Waals surface area contributed by atoms with Gasteiger partial charge >= 0.3 is 5.69 Å². The standard InChI is InChI=1S/C56H64F2N10O5/c1-33-26-39(29-42(57)50(33)38-16-24-65(25-17-38)34(2)47-30-41-44(12-19-60-52(41)62(47)3)67-32-43(58)51-40(55(67)72)11-18-59-51)54(71)66-22-14-36(15-23-66)31-64-20-5-6-35(13-21-64)27-37-7-8-45-48(28-37)63(4)56(73)68(45)46-9-10-49(69)61-53(46)70/h7-8,12,16,19,26,28-30,32,34-36,46,59H,5-6,9-11,13-15,17-18,20-25,27,31H2,1-4H3,(H,61,69,70)/t34-,35?,46?/m0/s1. The summed E-state index contributed by atoms with van der Waals surface area (Å²) >= 11 is 0. The number of piperidine rings is 2. The molecule has 73 heavy (non-hydrogen) atoms. The zero-order chi connectivity index (χ0) is 50.8. The van der Waals surface area contributed by atoms with Crippen LogP contribution in [0.5, 0.6) is 0 Å². The van der Waals surface area contributed by atoms with Crippen LogP contribution in [0.25, 0.3) is 33.3 Å². The maximum absolute atomic E-state index is 16.2. The first-order chi connectivity index (χ1) is 35.2. The molecule has 2 aromatic carbocycles. The number of aryl methyl sites for hydroxylation is 3. The minimum absolute atomic E-state index is 0.0373. The van der Waals surface area contributed by atoms with E-state index < -0.39 is 17.8 Å². The second-order valence-electron chi connectivity index (χ2n) is 21.2. The second-order valence-corrected chi connectivity index (χ2v) is 21.2. The van der Waals surface area contributed by atoms with Gasteiger partial charge in [-0.1, -0.05) is 12.1 Å². The number of carbonyl (C=O) groups is 3.